The summed E-state index contributed by atoms with van der Waals surface area (Å²) in [7, 11) is -3.83. The molecule has 3 rings (SSSR count). The number of rotatable bonds is 6. The Bertz CT molecular complexity index is 1220. The van der Waals surface area contributed by atoms with Crippen molar-refractivity contribution in [2.75, 3.05) is 4.72 Å². The molecule has 3 aromatic rings. The fourth-order valence-corrected chi connectivity index (χ4v) is 4.60. The van der Waals surface area contributed by atoms with Gasteiger partial charge < -0.3 is 5.32 Å². The maximum atomic E-state index is 13.1. The quantitative estimate of drug-likeness (QED) is 0.553. The molecule has 1 atom stereocenters. The SMILES string of the molecule is Cc1ccc(C(C)(C)C)cc1S(=O)(=O)Nc1cccc(C(=O)NC(C)c2ccccn2)c1. The molecule has 0 aliphatic rings. The lowest BCUT2D eigenvalue weighted by Gasteiger charge is -2.21. The number of carbonyl (C=O) groups excluding carboxylic acids is 1. The van der Waals surface area contributed by atoms with Crippen LogP contribution in [0.4, 0.5) is 5.69 Å². The molecule has 1 unspecified atom stereocenters. The Morgan fingerprint density at radius 2 is 1.75 bits per heavy atom. The molecule has 0 spiro atoms. The lowest BCUT2D eigenvalue weighted by atomic mass is 9.87. The third-order valence-electron chi connectivity index (χ3n) is 5.20. The van der Waals surface area contributed by atoms with Crippen LogP contribution in [0.2, 0.25) is 0 Å². The highest BCUT2D eigenvalue weighted by Crippen LogP contribution is 2.28. The number of amides is 1. The number of benzene rings is 2. The fraction of sp³-hybridized carbons (Fsp3) is 0.280. The summed E-state index contributed by atoms with van der Waals surface area (Å²) < 4.78 is 28.9. The first-order valence-corrected chi connectivity index (χ1v) is 11.9. The molecular weight excluding hydrogens is 422 g/mol. The molecule has 0 radical (unpaired) electrons. The van der Waals surface area contributed by atoms with E-state index in [0.29, 0.717) is 16.8 Å². The van der Waals surface area contributed by atoms with E-state index in [2.05, 4.69) is 15.0 Å². The standard InChI is InChI=1S/C25H29N3O3S/c1-17-12-13-20(25(3,4)5)16-23(17)32(30,31)28-21-10-8-9-19(15-21)24(29)27-18(2)22-11-6-7-14-26-22/h6-16,18,28H,1-5H3,(H,27,29). The summed E-state index contributed by atoms with van der Waals surface area (Å²) in [6.07, 6.45) is 1.67. The van der Waals surface area contributed by atoms with E-state index in [9.17, 15) is 13.2 Å². The van der Waals surface area contributed by atoms with Gasteiger partial charge in [0.1, 0.15) is 0 Å². The maximum Gasteiger partial charge on any atom is 0.262 e. The molecule has 0 aliphatic heterocycles. The van der Waals surface area contributed by atoms with Gasteiger partial charge in [-0.1, -0.05) is 45.0 Å². The number of anilines is 1. The number of nitrogens with one attached hydrogen (secondary N) is 2. The van der Waals surface area contributed by atoms with Crippen LogP contribution in [-0.2, 0) is 15.4 Å². The highest BCUT2D eigenvalue weighted by molar-refractivity contribution is 7.92. The molecular formula is C25H29N3O3S. The number of carbonyl (C=O) groups is 1. The molecule has 1 amide bonds. The summed E-state index contributed by atoms with van der Waals surface area (Å²) in [5, 5.41) is 2.89. The van der Waals surface area contributed by atoms with Gasteiger partial charge in [-0.25, -0.2) is 8.42 Å². The van der Waals surface area contributed by atoms with Gasteiger partial charge in [0.15, 0.2) is 0 Å². The molecule has 0 bridgehead atoms. The zero-order valence-electron chi connectivity index (χ0n) is 19.0. The molecule has 0 fully saturated rings. The summed E-state index contributed by atoms with van der Waals surface area (Å²) in [5.41, 5.74) is 2.83. The zero-order chi connectivity index (χ0) is 23.5. The Labute approximate surface area is 190 Å². The van der Waals surface area contributed by atoms with Crippen LogP contribution in [0.1, 0.15) is 60.9 Å². The molecule has 1 aromatic heterocycles. The smallest absolute Gasteiger partial charge is 0.262 e. The van der Waals surface area contributed by atoms with Crippen molar-refractivity contribution in [3.63, 3.8) is 0 Å². The van der Waals surface area contributed by atoms with Gasteiger partial charge in [0.25, 0.3) is 15.9 Å². The molecule has 32 heavy (non-hydrogen) atoms. The van der Waals surface area contributed by atoms with E-state index in [4.69, 9.17) is 0 Å². The van der Waals surface area contributed by atoms with Crippen molar-refractivity contribution in [2.24, 2.45) is 0 Å². The highest BCUT2D eigenvalue weighted by atomic mass is 32.2. The van der Waals surface area contributed by atoms with Crippen LogP contribution in [0, 0.1) is 6.92 Å². The van der Waals surface area contributed by atoms with Crippen LogP contribution in [0.5, 0.6) is 0 Å². The Morgan fingerprint density at radius 1 is 1.00 bits per heavy atom. The summed E-state index contributed by atoms with van der Waals surface area (Å²) in [4.78, 5) is 17.2. The van der Waals surface area contributed by atoms with E-state index in [1.54, 1.807) is 37.4 Å². The predicted octanol–water partition coefficient (Wildman–Crippen LogP) is 4.98. The van der Waals surface area contributed by atoms with E-state index in [1.807, 2.05) is 58.0 Å². The van der Waals surface area contributed by atoms with Crippen LogP contribution < -0.4 is 10.0 Å². The number of hydrogen-bond acceptors (Lipinski definition) is 4. The van der Waals surface area contributed by atoms with Gasteiger partial charge in [0, 0.05) is 17.4 Å². The first-order chi connectivity index (χ1) is 15.0. The van der Waals surface area contributed by atoms with Crippen molar-refractivity contribution in [1.29, 1.82) is 0 Å². The van der Waals surface area contributed by atoms with E-state index >= 15 is 0 Å². The molecule has 2 N–H and O–H groups in total. The van der Waals surface area contributed by atoms with E-state index in [0.717, 1.165) is 11.3 Å². The van der Waals surface area contributed by atoms with Gasteiger partial charge in [-0.05, 0) is 66.8 Å². The minimum Gasteiger partial charge on any atom is -0.344 e. The second kappa shape index (κ2) is 9.12. The Kier molecular flexibility index (Phi) is 6.69. The summed E-state index contributed by atoms with van der Waals surface area (Å²) in [5.74, 6) is -0.310. The van der Waals surface area contributed by atoms with Gasteiger partial charge in [-0.2, -0.15) is 0 Å². The second-order valence-corrected chi connectivity index (χ2v) is 10.5. The fourth-order valence-electron chi connectivity index (χ4n) is 3.28. The normalized spacial score (nSPS) is 12.8. The van der Waals surface area contributed by atoms with Crippen molar-refractivity contribution in [3.8, 4) is 0 Å². The molecule has 0 saturated carbocycles. The van der Waals surface area contributed by atoms with Crippen LogP contribution >= 0.6 is 0 Å². The van der Waals surface area contributed by atoms with Crippen LogP contribution in [0.15, 0.2) is 71.8 Å². The van der Waals surface area contributed by atoms with Gasteiger partial charge >= 0.3 is 0 Å². The Hall–Kier alpha value is -3.19. The molecule has 168 valence electrons. The Morgan fingerprint density at radius 3 is 2.41 bits per heavy atom. The lowest BCUT2D eigenvalue weighted by Crippen LogP contribution is -2.27. The van der Waals surface area contributed by atoms with Crippen LogP contribution in [0.3, 0.4) is 0 Å². The molecule has 6 nitrogen and oxygen atoms in total. The number of sulfonamides is 1. The number of nitrogens with zero attached hydrogens (tertiary/aromatic N) is 1. The van der Waals surface area contributed by atoms with Crippen molar-refractivity contribution >= 4 is 21.6 Å². The van der Waals surface area contributed by atoms with Crippen LogP contribution in [-0.4, -0.2) is 19.3 Å². The minimum absolute atomic E-state index is 0.180. The van der Waals surface area contributed by atoms with Crippen molar-refractivity contribution in [1.82, 2.24) is 10.3 Å². The third-order valence-corrected chi connectivity index (χ3v) is 6.72. The average Bonchev–Trinajstić information content (AvgIpc) is 2.73. The number of aromatic nitrogens is 1. The minimum atomic E-state index is -3.83. The van der Waals surface area contributed by atoms with Gasteiger partial charge in [-0.15, -0.1) is 0 Å². The van der Waals surface area contributed by atoms with E-state index in [1.165, 1.54) is 6.07 Å². The topological polar surface area (TPSA) is 88.2 Å². The molecule has 0 saturated heterocycles. The summed E-state index contributed by atoms with van der Waals surface area (Å²) >= 11 is 0. The zero-order valence-corrected chi connectivity index (χ0v) is 19.8. The van der Waals surface area contributed by atoms with E-state index in [-0.39, 0.29) is 22.3 Å². The monoisotopic (exact) mass is 451 g/mol. The number of aryl methyl sites for hydroxylation is 1. The van der Waals surface area contributed by atoms with Gasteiger partial charge in [0.2, 0.25) is 0 Å². The molecule has 2 aromatic carbocycles. The largest absolute Gasteiger partial charge is 0.344 e. The first-order valence-electron chi connectivity index (χ1n) is 10.4. The molecule has 0 aliphatic carbocycles. The molecule has 7 heteroatoms. The lowest BCUT2D eigenvalue weighted by molar-refractivity contribution is 0.0939. The first kappa shape index (κ1) is 23.5. The maximum absolute atomic E-state index is 13.1. The third kappa shape index (κ3) is 5.53. The number of pyridine rings is 1. The van der Waals surface area contributed by atoms with Gasteiger partial charge in [-0.3, -0.25) is 14.5 Å². The summed E-state index contributed by atoms with van der Waals surface area (Å²) in [6, 6.07) is 17.1. The van der Waals surface area contributed by atoms with Crippen molar-refractivity contribution in [3.05, 3.63) is 89.2 Å². The highest BCUT2D eigenvalue weighted by Gasteiger charge is 2.22. The average molecular weight is 452 g/mol. The second-order valence-electron chi connectivity index (χ2n) is 8.87. The van der Waals surface area contributed by atoms with Crippen molar-refractivity contribution in [2.45, 2.75) is 51.0 Å². The summed E-state index contributed by atoms with van der Waals surface area (Å²) in [6.45, 7) is 9.72. The predicted molar refractivity (Wildman–Crippen MR) is 127 cm³/mol. The van der Waals surface area contributed by atoms with Gasteiger partial charge in [0.05, 0.1) is 16.6 Å². The number of hydrogen-bond donors (Lipinski definition) is 2. The van der Waals surface area contributed by atoms with Crippen LogP contribution in [0.25, 0.3) is 0 Å². The van der Waals surface area contributed by atoms with Crippen molar-refractivity contribution < 1.29 is 13.2 Å². The van der Waals surface area contributed by atoms with E-state index < -0.39 is 10.0 Å². The molecule has 1 heterocycles. The Balaban J connectivity index is 1.82.